The minimum absolute atomic E-state index is 0.00370. The van der Waals surface area contributed by atoms with Gasteiger partial charge in [0.25, 0.3) is 0 Å². The molecule has 178 valence electrons. The summed E-state index contributed by atoms with van der Waals surface area (Å²) in [7, 11) is 0. The van der Waals surface area contributed by atoms with Gasteiger partial charge in [0.05, 0.1) is 5.75 Å². The normalized spacial score (nSPS) is 11.6. The average Bonchev–Trinajstić information content (AvgIpc) is 2.85. The van der Waals surface area contributed by atoms with Crippen LogP contribution in [0.15, 0.2) is 83.8 Å². The van der Waals surface area contributed by atoms with Crippen LogP contribution in [0.1, 0.15) is 24.5 Å². The number of benzene rings is 3. The number of carbonyl (C=O) groups is 2. The molecule has 3 aromatic rings. The van der Waals surface area contributed by atoms with Gasteiger partial charge in [0.15, 0.2) is 0 Å². The largest absolute Gasteiger partial charge is 0.354 e. The van der Waals surface area contributed by atoms with Crippen LogP contribution in [0.25, 0.3) is 0 Å². The Morgan fingerprint density at radius 2 is 1.68 bits per heavy atom. The predicted molar refractivity (Wildman–Crippen MR) is 136 cm³/mol. The zero-order valence-electron chi connectivity index (χ0n) is 19.0. The summed E-state index contributed by atoms with van der Waals surface area (Å²) in [5.41, 5.74) is 1.30. The summed E-state index contributed by atoms with van der Waals surface area (Å²) in [4.78, 5) is 29.1. The summed E-state index contributed by atoms with van der Waals surface area (Å²) in [5, 5.41) is 3.54. The number of halogens is 2. The van der Waals surface area contributed by atoms with E-state index in [9.17, 15) is 14.0 Å². The van der Waals surface area contributed by atoms with Crippen molar-refractivity contribution < 1.29 is 14.0 Å². The molecule has 3 rings (SSSR count). The summed E-state index contributed by atoms with van der Waals surface area (Å²) in [5.74, 6) is -0.775. The summed E-state index contributed by atoms with van der Waals surface area (Å²) < 4.78 is 14.5. The fourth-order valence-electron chi connectivity index (χ4n) is 3.49. The molecule has 0 radical (unpaired) electrons. The lowest BCUT2D eigenvalue weighted by Gasteiger charge is -2.31. The molecule has 7 heteroatoms. The smallest absolute Gasteiger partial charge is 0.243 e. The monoisotopic (exact) mass is 498 g/mol. The molecule has 0 aliphatic carbocycles. The van der Waals surface area contributed by atoms with E-state index in [1.54, 1.807) is 30.3 Å². The molecule has 0 bridgehead atoms. The third kappa shape index (κ3) is 7.61. The first kappa shape index (κ1) is 25.8. The van der Waals surface area contributed by atoms with Gasteiger partial charge in [-0.1, -0.05) is 67.1 Å². The van der Waals surface area contributed by atoms with Gasteiger partial charge in [-0.05, 0) is 42.3 Å². The van der Waals surface area contributed by atoms with Crippen LogP contribution in [0.3, 0.4) is 0 Å². The minimum atomic E-state index is -0.771. The molecule has 0 saturated carbocycles. The number of thioether (sulfide) groups is 1. The fourth-order valence-corrected chi connectivity index (χ4v) is 4.40. The molecule has 0 aliphatic heterocycles. The molecule has 1 atom stereocenters. The van der Waals surface area contributed by atoms with Crippen LogP contribution in [-0.2, 0) is 22.6 Å². The second kappa shape index (κ2) is 13.2. The summed E-state index contributed by atoms with van der Waals surface area (Å²) >= 11 is 7.32. The predicted octanol–water partition coefficient (Wildman–Crippen LogP) is 5.74. The number of amides is 2. The van der Waals surface area contributed by atoms with Crippen molar-refractivity contribution in [2.75, 3.05) is 12.3 Å². The summed E-state index contributed by atoms with van der Waals surface area (Å²) in [6.07, 6.45) is 1.11. The van der Waals surface area contributed by atoms with E-state index in [1.165, 1.54) is 22.7 Å². The van der Waals surface area contributed by atoms with E-state index in [1.807, 2.05) is 49.4 Å². The number of hydrogen-bond acceptors (Lipinski definition) is 3. The minimum Gasteiger partial charge on any atom is -0.354 e. The lowest BCUT2D eigenvalue weighted by Crippen LogP contribution is -2.51. The molecule has 0 aliphatic rings. The highest BCUT2D eigenvalue weighted by atomic mass is 35.5. The standard InChI is InChI=1S/C27H28ClFN2O2S/c1-2-16-30-27(33)25(17-20-8-4-3-5-9-20)31(18-21-10-6-7-11-24(21)29)26(32)19-34-23-14-12-22(28)13-15-23/h3-15,25H,2,16-19H2,1H3,(H,30,33)/t25-/m1/s1. The van der Waals surface area contributed by atoms with Crippen LogP contribution in [0.5, 0.6) is 0 Å². The molecular weight excluding hydrogens is 471 g/mol. The van der Waals surface area contributed by atoms with Crippen molar-refractivity contribution in [2.45, 2.75) is 37.2 Å². The molecule has 0 saturated heterocycles. The van der Waals surface area contributed by atoms with Crippen LogP contribution in [0.4, 0.5) is 4.39 Å². The maximum atomic E-state index is 14.5. The van der Waals surface area contributed by atoms with Gasteiger partial charge in [-0.2, -0.15) is 0 Å². The first-order valence-electron chi connectivity index (χ1n) is 11.2. The number of nitrogens with zero attached hydrogens (tertiary/aromatic N) is 1. The molecule has 0 heterocycles. The first-order chi connectivity index (χ1) is 16.5. The van der Waals surface area contributed by atoms with Gasteiger partial charge in [0, 0.05) is 35.0 Å². The fraction of sp³-hybridized carbons (Fsp3) is 0.259. The van der Waals surface area contributed by atoms with Gasteiger partial charge < -0.3 is 10.2 Å². The number of rotatable bonds is 11. The third-order valence-corrected chi connectivity index (χ3v) is 6.54. The van der Waals surface area contributed by atoms with E-state index < -0.39 is 11.9 Å². The Morgan fingerprint density at radius 3 is 2.35 bits per heavy atom. The maximum Gasteiger partial charge on any atom is 0.243 e. The van der Waals surface area contributed by atoms with Crippen LogP contribution < -0.4 is 5.32 Å². The summed E-state index contributed by atoms with van der Waals surface area (Å²) in [6, 6.07) is 22.3. The quantitative estimate of drug-likeness (QED) is 0.343. The van der Waals surface area contributed by atoms with Crippen LogP contribution in [0, 0.1) is 5.82 Å². The Labute approximate surface area is 209 Å². The average molecular weight is 499 g/mol. The molecule has 2 amide bonds. The Hall–Kier alpha value is -2.83. The molecule has 34 heavy (non-hydrogen) atoms. The van der Waals surface area contributed by atoms with Crippen molar-refractivity contribution in [1.82, 2.24) is 10.2 Å². The maximum absolute atomic E-state index is 14.5. The van der Waals surface area contributed by atoms with E-state index in [-0.39, 0.29) is 24.1 Å². The van der Waals surface area contributed by atoms with Gasteiger partial charge in [-0.3, -0.25) is 9.59 Å². The highest BCUT2D eigenvalue weighted by Gasteiger charge is 2.30. The van der Waals surface area contributed by atoms with E-state index in [4.69, 9.17) is 11.6 Å². The molecule has 0 unspecified atom stereocenters. The molecule has 1 N–H and O–H groups in total. The zero-order valence-corrected chi connectivity index (χ0v) is 20.6. The topological polar surface area (TPSA) is 49.4 Å². The van der Waals surface area contributed by atoms with Crippen LogP contribution in [0.2, 0.25) is 5.02 Å². The van der Waals surface area contributed by atoms with Crippen molar-refractivity contribution >= 4 is 35.2 Å². The van der Waals surface area contributed by atoms with Crippen molar-refractivity contribution in [1.29, 1.82) is 0 Å². The van der Waals surface area contributed by atoms with E-state index in [0.29, 0.717) is 23.6 Å². The zero-order chi connectivity index (χ0) is 24.3. The SMILES string of the molecule is CCCNC(=O)[C@@H](Cc1ccccc1)N(Cc1ccccc1F)C(=O)CSc1ccc(Cl)cc1. The second-order valence-corrected chi connectivity index (χ2v) is 9.34. The van der Waals surface area contributed by atoms with E-state index in [2.05, 4.69) is 5.32 Å². The summed E-state index contributed by atoms with van der Waals surface area (Å²) in [6.45, 7) is 2.48. The Morgan fingerprint density at radius 1 is 1.00 bits per heavy atom. The second-order valence-electron chi connectivity index (χ2n) is 7.85. The van der Waals surface area contributed by atoms with Gasteiger partial charge in [-0.15, -0.1) is 11.8 Å². The number of nitrogens with one attached hydrogen (secondary N) is 1. The molecule has 0 fully saturated rings. The molecule has 0 aromatic heterocycles. The van der Waals surface area contributed by atoms with Crippen LogP contribution in [-0.4, -0.2) is 35.1 Å². The van der Waals surface area contributed by atoms with Crippen molar-refractivity contribution in [3.63, 3.8) is 0 Å². The Bertz CT molecular complexity index is 1080. The van der Waals surface area contributed by atoms with Crippen molar-refractivity contribution in [2.24, 2.45) is 0 Å². The third-order valence-electron chi connectivity index (χ3n) is 5.29. The first-order valence-corrected chi connectivity index (χ1v) is 12.6. The number of carbonyl (C=O) groups excluding carboxylic acids is 2. The van der Waals surface area contributed by atoms with E-state index >= 15 is 0 Å². The van der Waals surface area contributed by atoms with Crippen molar-refractivity contribution in [3.05, 3.63) is 101 Å². The van der Waals surface area contributed by atoms with Gasteiger partial charge in [-0.25, -0.2) is 4.39 Å². The highest BCUT2D eigenvalue weighted by Crippen LogP contribution is 2.23. The van der Waals surface area contributed by atoms with Gasteiger partial charge in [0.1, 0.15) is 11.9 Å². The van der Waals surface area contributed by atoms with Gasteiger partial charge in [0.2, 0.25) is 11.8 Å². The molecule has 4 nitrogen and oxygen atoms in total. The van der Waals surface area contributed by atoms with Gasteiger partial charge >= 0.3 is 0 Å². The Balaban J connectivity index is 1.89. The lowest BCUT2D eigenvalue weighted by atomic mass is 10.0. The highest BCUT2D eigenvalue weighted by molar-refractivity contribution is 8.00. The Kier molecular flexibility index (Phi) is 9.98. The van der Waals surface area contributed by atoms with Crippen molar-refractivity contribution in [3.8, 4) is 0 Å². The van der Waals surface area contributed by atoms with E-state index in [0.717, 1.165) is 16.9 Å². The lowest BCUT2D eigenvalue weighted by molar-refractivity contribution is -0.139. The molecular formula is C27H28ClFN2O2S. The molecule has 3 aromatic carbocycles. The van der Waals surface area contributed by atoms with Crippen LogP contribution >= 0.6 is 23.4 Å². The molecule has 0 spiro atoms. The number of hydrogen-bond donors (Lipinski definition) is 1.